The molecular weight excluding hydrogens is 374 g/mol. The van der Waals surface area contributed by atoms with Gasteiger partial charge in [0.2, 0.25) is 11.8 Å². The van der Waals surface area contributed by atoms with Crippen molar-refractivity contribution >= 4 is 29.5 Å². The maximum absolute atomic E-state index is 11.9. The lowest BCUT2D eigenvalue weighted by atomic mass is 10.1. The van der Waals surface area contributed by atoms with Crippen molar-refractivity contribution in [1.29, 1.82) is 0 Å². The van der Waals surface area contributed by atoms with Gasteiger partial charge in [0.05, 0.1) is 6.20 Å². The van der Waals surface area contributed by atoms with Crippen molar-refractivity contribution in [2.75, 3.05) is 10.6 Å². The SMILES string of the molecule is CC1(C(=O)NC(=O)Nc2ccc(Oc3ccnc(NC(=O)C4CC4)c3)cn2)CC1. The van der Waals surface area contributed by atoms with Crippen molar-refractivity contribution in [2.45, 2.75) is 32.6 Å². The molecule has 3 N–H and O–H groups in total. The van der Waals surface area contributed by atoms with Crippen molar-refractivity contribution < 1.29 is 19.1 Å². The van der Waals surface area contributed by atoms with E-state index in [9.17, 15) is 14.4 Å². The Morgan fingerprint density at radius 2 is 1.83 bits per heavy atom. The summed E-state index contributed by atoms with van der Waals surface area (Å²) in [5.41, 5.74) is -0.427. The number of hydrogen-bond donors (Lipinski definition) is 3. The molecule has 2 aliphatic carbocycles. The first-order valence-electron chi connectivity index (χ1n) is 9.45. The Morgan fingerprint density at radius 1 is 1.03 bits per heavy atom. The Labute approximate surface area is 167 Å². The van der Waals surface area contributed by atoms with Gasteiger partial charge in [0, 0.05) is 23.6 Å². The maximum atomic E-state index is 11.9. The van der Waals surface area contributed by atoms with Gasteiger partial charge in [-0.1, -0.05) is 6.92 Å². The molecule has 2 aromatic rings. The summed E-state index contributed by atoms with van der Waals surface area (Å²) in [6.45, 7) is 1.82. The van der Waals surface area contributed by atoms with E-state index in [-0.39, 0.29) is 23.6 Å². The molecule has 0 bridgehead atoms. The topological polar surface area (TPSA) is 122 Å². The molecule has 0 aliphatic heterocycles. The van der Waals surface area contributed by atoms with E-state index in [1.165, 1.54) is 6.20 Å². The Morgan fingerprint density at radius 3 is 2.48 bits per heavy atom. The molecule has 2 aliphatic rings. The van der Waals surface area contributed by atoms with Gasteiger partial charge in [-0.15, -0.1) is 0 Å². The van der Waals surface area contributed by atoms with Gasteiger partial charge in [-0.05, 0) is 43.9 Å². The number of carbonyl (C=O) groups excluding carboxylic acids is 3. The first kappa shape index (κ1) is 18.9. The fourth-order valence-corrected chi connectivity index (χ4v) is 2.58. The maximum Gasteiger partial charge on any atom is 0.327 e. The van der Waals surface area contributed by atoms with Gasteiger partial charge in [0.15, 0.2) is 0 Å². The van der Waals surface area contributed by atoms with Crippen molar-refractivity contribution in [2.24, 2.45) is 11.3 Å². The van der Waals surface area contributed by atoms with Crippen LogP contribution in [0.5, 0.6) is 11.5 Å². The van der Waals surface area contributed by atoms with Gasteiger partial charge >= 0.3 is 6.03 Å². The highest BCUT2D eigenvalue weighted by molar-refractivity contribution is 6.03. The van der Waals surface area contributed by atoms with E-state index < -0.39 is 11.4 Å². The van der Waals surface area contributed by atoms with Crippen molar-refractivity contribution in [1.82, 2.24) is 15.3 Å². The van der Waals surface area contributed by atoms with E-state index in [2.05, 4.69) is 25.9 Å². The molecule has 0 saturated heterocycles. The lowest BCUT2D eigenvalue weighted by molar-refractivity contribution is -0.124. The molecule has 0 atom stereocenters. The van der Waals surface area contributed by atoms with Crippen LogP contribution in [0.1, 0.15) is 32.6 Å². The normalized spacial score (nSPS) is 16.4. The number of nitrogens with zero attached hydrogens (tertiary/aromatic N) is 2. The number of nitrogens with one attached hydrogen (secondary N) is 3. The van der Waals surface area contributed by atoms with Crippen LogP contribution in [0.3, 0.4) is 0 Å². The molecule has 0 spiro atoms. The number of pyridine rings is 2. The van der Waals surface area contributed by atoms with Crippen LogP contribution in [-0.4, -0.2) is 27.8 Å². The molecule has 9 nitrogen and oxygen atoms in total. The van der Waals surface area contributed by atoms with Gasteiger partial charge in [0.1, 0.15) is 23.1 Å². The van der Waals surface area contributed by atoms with Gasteiger partial charge in [-0.2, -0.15) is 0 Å². The fraction of sp³-hybridized carbons (Fsp3) is 0.350. The van der Waals surface area contributed by atoms with Crippen LogP contribution in [0, 0.1) is 11.3 Å². The highest BCUT2D eigenvalue weighted by Gasteiger charge is 2.45. The van der Waals surface area contributed by atoms with Crippen LogP contribution < -0.4 is 20.7 Å². The molecule has 150 valence electrons. The van der Waals surface area contributed by atoms with Gasteiger partial charge < -0.3 is 10.1 Å². The van der Waals surface area contributed by atoms with Crippen molar-refractivity contribution in [3.05, 3.63) is 36.7 Å². The van der Waals surface area contributed by atoms with Crippen LogP contribution in [0.15, 0.2) is 36.7 Å². The minimum atomic E-state index is -0.616. The van der Waals surface area contributed by atoms with Crippen LogP contribution in [0.25, 0.3) is 0 Å². The third-order valence-corrected chi connectivity index (χ3v) is 4.92. The zero-order valence-corrected chi connectivity index (χ0v) is 15.9. The Hall–Kier alpha value is -3.49. The predicted molar refractivity (Wildman–Crippen MR) is 104 cm³/mol. The number of hydrogen-bond acceptors (Lipinski definition) is 6. The van der Waals surface area contributed by atoms with Crippen LogP contribution >= 0.6 is 0 Å². The third kappa shape index (κ3) is 4.87. The van der Waals surface area contributed by atoms with E-state index in [4.69, 9.17) is 4.74 Å². The zero-order chi connectivity index (χ0) is 20.4. The van der Waals surface area contributed by atoms with E-state index in [0.29, 0.717) is 17.3 Å². The van der Waals surface area contributed by atoms with E-state index in [0.717, 1.165) is 25.7 Å². The largest absolute Gasteiger partial charge is 0.456 e. The number of aromatic nitrogens is 2. The second kappa shape index (κ2) is 7.50. The molecular formula is C20H21N5O4. The molecule has 0 unspecified atom stereocenters. The monoisotopic (exact) mass is 395 g/mol. The molecule has 4 rings (SSSR count). The van der Waals surface area contributed by atoms with Gasteiger partial charge in [0.25, 0.3) is 0 Å². The summed E-state index contributed by atoms with van der Waals surface area (Å²) in [5, 5.41) is 7.60. The van der Waals surface area contributed by atoms with Gasteiger partial charge in [-0.25, -0.2) is 14.8 Å². The molecule has 0 radical (unpaired) electrons. The molecule has 2 fully saturated rings. The van der Waals surface area contributed by atoms with Crippen molar-refractivity contribution in [3.63, 3.8) is 0 Å². The minimum Gasteiger partial charge on any atom is -0.456 e. The molecule has 9 heteroatoms. The lowest BCUT2D eigenvalue weighted by Gasteiger charge is -2.10. The lowest BCUT2D eigenvalue weighted by Crippen LogP contribution is -2.38. The summed E-state index contributed by atoms with van der Waals surface area (Å²) in [7, 11) is 0. The minimum absolute atomic E-state index is 0.0285. The highest BCUT2D eigenvalue weighted by atomic mass is 16.5. The molecule has 2 saturated carbocycles. The molecule has 2 heterocycles. The van der Waals surface area contributed by atoms with Crippen LogP contribution in [-0.2, 0) is 9.59 Å². The van der Waals surface area contributed by atoms with Crippen molar-refractivity contribution in [3.8, 4) is 11.5 Å². The van der Waals surface area contributed by atoms with E-state index >= 15 is 0 Å². The predicted octanol–water partition coefficient (Wildman–Crippen LogP) is 3.07. The number of imide groups is 1. The quantitative estimate of drug-likeness (QED) is 0.691. The smallest absolute Gasteiger partial charge is 0.327 e. The number of carbonyl (C=O) groups is 3. The summed E-state index contributed by atoms with van der Waals surface area (Å²) >= 11 is 0. The Bertz CT molecular complexity index is 952. The van der Waals surface area contributed by atoms with Gasteiger partial charge in [-0.3, -0.25) is 20.2 Å². The summed E-state index contributed by atoms with van der Waals surface area (Å²) < 4.78 is 5.72. The first-order chi connectivity index (χ1) is 13.9. The molecule has 4 amide bonds. The summed E-state index contributed by atoms with van der Waals surface area (Å²) in [6, 6.07) is 5.87. The van der Waals surface area contributed by atoms with E-state index in [1.54, 1.807) is 30.5 Å². The fourth-order valence-electron chi connectivity index (χ4n) is 2.58. The summed E-state index contributed by atoms with van der Waals surface area (Å²) in [5.74, 6) is 1.44. The first-order valence-corrected chi connectivity index (χ1v) is 9.45. The number of ether oxygens (including phenoxy) is 1. The number of urea groups is 1. The average Bonchev–Trinajstić information content (AvgIpc) is 3.59. The third-order valence-electron chi connectivity index (χ3n) is 4.92. The van der Waals surface area contributed by atoms with Crippen LogP contribution in [0.4, 0.5) is 16.4 Å². The standard InChI is InChI=1S/C20H21N5O4/c1-20(7-8-20)18(27)25-19(28)24-15-5-4-14(11-22-15)29-13-6-9-21-16(10-13)23-17(26)12-2-3-12/h4-6,9-12H,2-3,7-8H2,1H3,(H,21,23,26)(H2,22,24,25,27,28). The Kier molecular flexibility index (Phi) is 4.87. The molecule has 2 aromatic heterocycles. The van der Waals surface area contributed by atoms with Crippen LogP contribution in [0.2, 0.25) is 0 Å². The number of rotatable bonds is 6. The summed E-state index contributed by atoms with van der Waals surface area (Å²) in [6.07, 6.45) is 6.40. The Balaban J connectivity index is 1.31. The second-order valence-corrected chi connectivity index (χ2v) is 7.59. The number of amides is 4. The average molecular weight is 395 g/mol. The van der Waals surface area contributed by atoms with E-state index in [1.807, 2.05) is 6.92 Å². The number of anilines is 2. The summed E-state index contributed by atoms with van der Waals surface area (Å²) in [4.78, 5) is 43.8. The highest BCUT2D eigenvalue weighted by Crippen LogP contribution is 2.44. The molecule has 0 aromatic carbocycles. The second-order valence-electron chi connectivity index (χ2n) is 7.59. The zero-order valence-electron chi connectivity index (χ0n) is 15.9. The molecule has 29 heavy (non-hydrogen) atoms.